The van der Waals surface area contributed by atoms with Crippen LogP contribution in [0.15, 0.2) is 41.8 Å². The first-order valence-corrected chi connectivity index (χ1v) is 33.1. The zero-order chi connectivity index (χ0) is 76.0. The van der Waals surface area contributed by atoms with E-state index in [1.807, 2.05) is 6.92 Å². The first-order valence-electron chi connectivity index (χ1n) is 33.1. The molecule has 1 aromatic carbocycles. The molecule has 1 aliphatic heterocycles. The fourth-order valence-electron chi connectivity index (χ4n) is 10.4. The topological polar surface area (TPSA) is 592 Å². The van der Waals surface area contributed by atoms with Crippen LogP contribution in [0.4, 0.5) is 0 Å². The molecule has 2 aromatic rings. The molecule has 37 nitrogen and oxygen atoms in total. The number of aliphatic hydroxyl groups excluding tert-OH is 1. The molecule has 1 aliphatic rings. The summed E-state index contributed by atoms with van der Waals surface area (Å²) in [7, 11) is 0. The number of aromatic amines is 1. The number of primary amides is 1. The van der Waals surface area contributed by atoms with E-state index >= 15 is 0 Å². The van der Waals surface area contributed by atoms with Gasteiger partial charge in [-0.2, -0.15) is 0 Å². The van der Waals surface area contributed by atoms with Crippen LogP contribution in [0.2, 0.25) is 0 Å². The van der Waals surface area contributed by atoms with Crippen molar-refractivity contribution in [2.45, 2.75) is 205 Å². The Labute approximate surface area is 583 Å². The van der Waals surface area contributed by atoms with Crippen LogP contribution >= 0.6 is 0 Å². The van der Waals surface area contributed by atoms with Crippen molar-refractivity contribution in [2.24, 2.45) is 39.9 Å². The van der Waals surface area contributed by atoms with Gasteiger partial charge in [-0.25, -0.2) is 9.78 Å². The monoisotopic (exact) mass is 1420 g/mol. The summed E-state index contributed by atoms with van der Waals surface area (Å²) < 4.78 is 0. The van der Waals surface area contributed by atoms with E-state index < -0.39 is 193 Å². The number of H-pyrrole nitrogens is 1. The van der Waals surface area contributed by atoms with E-state index in [1.165, 1.54) is 57.1 Å². The summed E-state index contributed by atoms with van der Waals surface area (Å²) in [5.74, 6) is -17.4. The molecular weight excluding hydrogens is 1320 g/mol. The fraction of sp³-hybridized carbons (Fsp3) is 0.594. The number of hydrogen-bond acceptors (Lipinski definition) is 19. The maximum Gasteiger partial charge on any atom is 0.326 e. The second kappa shape index (κ2) is 41.8. The summed E-state index contributed by atoms with van der Waals surface area (Å²) in [6.45, 7) is 13.0. The van der Waals surface area contributed by atoms with Gasteiger partial charge in [0.15, 0.2) is 5.96 Å². The predicted molar refractivity (Wildman–Crippen MR) is 360 cm³/mol. The molecule has 1 saturated heterocycles. The van der Waals surface area contributed by atoms with Crippen molar-refractivity contribution < 1.29 is 92.3 Å². The molecule has 2 heterocycles. The number of amides is 13. The highest BCUT2D eigenvalue weighted by Gasteiger charge is 2.41. The van der Waals surface area contributed by atoms with Crippen molar-refractivity contribution in [1.82, 2.24) is 73.4 Å². The van der Waals surface area contributed by atoms with Crippen molar-refractivity contribution in [3.63, 3.8) is 0 Å². The Morgan fingerprint density at radius 1 is 0.614 bits per heavy atom. The molecule has 0 spiro atoms. The van der Waals surface area contributed by atoms with Gasteiger partial charge >= 0.3 is 11.9 Å². The van der Waals surface area contributed by atoms with Gasteiger partial charge in [-0.3, -0.25) is 72.1 Å². The first-order chi connectivity index (χ1) is 47.5. The zero-order valence-electron chi connectivity index (χ0n) is 58.1. The molecule has 1 fully saturated rings. The van der Waals surface area contributed by atoms with E-state index in [9.17, 15) is 92.3 Å². The number of nitrogens with zero attached hydrogens (tertiary/aromatic N) is 3. The molecular formula is C64H99N18O19. The SMILES string of the molecule is CCC[CH]C(=O)NC(C)C(=O)NC(Cc1ccc(O)cc1)C(=O)NC(C(=O)NC(Cc1cnc[nH]1)C(=O)NC(CC(=O)O)C(=O)NC(C)C(=O)N1CCCC1C(=O)NC(C(=O)NC(CCCN=C(N)N)C(=O)NC(CO)C(=O)NC(CC(C)C)C(=O)NC(CC(N)=O)C(=O)O)C(C)C)C(C)C. The number of unbranched alkanes of at least 4 members (excludes halogenated alkanes) is 1. The predicted octanol–water partition coefficient (Wildman–Crippen LogP) is -4.89. The molecule has 12 atom stereocenters. The maximum atomic E-state index is 14.3. The zero-order valence-corrected chi connectivity index (χ0v) is 58.1. The number of nitrogens with one attached hydrogen (secondary N) is 12. The van der Waals surface area contributed by atoms with Gasteiger partial charge < -0.3 is 106 Å². The molecule has 13 amide bonds. The van der Waals surface area contributed by atoms with Gasteiger partial charge in [0, 0.05) is 44.2 Å². The van der Waals surface area contributed by atoms with Gasteiger partial charge in [0.2, 0.25) is 76.8 Å². The number of aromatic nitrogens is 2. The van der Waals surface area contributed by atoms with E-state index in [-0.39, 0.29) is 81.4 Å². The number of rotatable bonds is 43. The number of carbonyl (C=O) groups is 15. The van der Waals surface area contributed by atoms with E-state index in [0.717, 1.165) is 4.90 Å². The van der Waals surface area contributed by atoms with Crippen LogP contribution in [0.1, 0.15) is 131 Å². The Morgan fingerprint density at radius 2 is 1.14 bits per heavy atom. The molecule has 0 bridgehead atoms. The Hall–Kier alpha value is -10.5. The Morgan fingerprint density at radius 3 is 1.69 bits per heavy atom. The van der Waals surface area contributed by atoms with Gasteiger partial charge in [-0.05, 0) is 87.8 Å². The number of aliphatic imine (C=N–C) groups is 1. The van der Waals surface area contributed by atoms with E-state index in [4.69, 9.17) is 17.2 Å². The molecule has 37 heteroatoms. The van der Waals surface area contributed by atoms with Gasteiger partial charge in [-0.1, -0.05) is 67.0 Å². The van der Waals surface area contributed by atoms with Crippen LogP contribution < -0.4 is 75.7 Å². The van der Waals surface area contributed by atoms with Gasteiger partial charge in [0.25, 0.3) is 0 Å². The number of aromatic hydroxyl groups is 1. The van der Waals surface area contributed by atoms with Crippen molar-refractivity contribution in [3.8, 4) is 5.75 Å². The molecule has 101 heavy (non-hydrogen) atoms. The van der Waals surface area contributed by atoms with Crippen LogP contribution in [0, 0.1) is 24.2 Å². The summed E-state index contributed by atoms with van der Waals surface area (Å²) in [6, 6.07) is -12.3. The third-order valence-corrected chi connectivity index (χ3v) is 15.8. The van der Waals surface area contributed by atoms with Crippen LogP contribution in [0.5, 0.6) is 5.75 Å². The number of likely N-dealkylation sites (tertiary alicyclic amines) is 1. The molecule has 1 aromatic heterocycles. The van der Waals surface area contributed by atoms with Crippen LogP contribution in [0.25, 0.3) is 0 Å². The lowest BCUT2D eigenvalue weighted by Crippen LogP contribution is -2.61. The number of guanidine groups is 1. The minimum Gasteiger partial charge on any atom is -0.508 e. The average Bonchev–Trinajstić information content (AvgIpc) is 1.78. The van der Waals surface area contributed by atoms with Crippen molar-refractivity contribution in [1.29, 1.82) is 0 Å². The van der Waals surface area contributed by atoms with Gasteiger partial charge in [-0.15, -0.1) is 0 Å². The number of aliphatic carboxylic acids is 2. The highest BCUT2D eigenvalue weighted by Crippen LogP contribution is 2.21. The highest BCUT2D eigenvalue weighted by atomic mass is 16.4. The third kappa shape index (κ3) is 29.1. The van der Waals surface area contributed by atoms with E-state index in [0.29, 0.717) is 18.4 Å². The Kier molecular flexibility index (Phi) is 35.1. The van der Waals surface area contributed by atoms with E-state index in [1.54, 1.807) is 41.5 Å². The normalized spacial score (nSPS) is 15.9. The minimum absolute atomic E-state index is 0.0405. The molecule has 22 N–H and O–H groups in total. The van der Waals surface area contributed by atoms with Gasteiger partial charge in [0.1, 0.15) is 78.3 Å². The number of phenolic OH excluding ortho intramolecular Hbond substituents is 1. The van der Waals surface area contributed by atoms with Crippen molar-refractivity contribution in [3.05, 3.63) is 54.5 Å². The van der Waals surface area contributed by atoms with Crippen LogP contribution in [-0.2, 0) is 84.8 Å². The molecule has 1 radical (unpaired) electrons. The largest absolute Gasteiger partial charge is 0.508 e. The minimum atomic E-state index is -1.91. The van der Waals surface area contributed by atoms with Crippen LogP contribution in [0.3, 0.4) is 0 Å². The fourth-order valence-corrected chi connectivity index (χ4v) is 10.4. The Bertz CT molecular complexity index is 3240. The average molecular weight is 1420 g/mol. The lowest BCUT2D eigenvalue weighted by Gasteiger charge is -2.31. The molecule has 3 rings (SSSR count). The summed E-state index contributed by atoms with van der Waals surface area (Å²) in [4.78, 5) is 214. The van der Waals surface area contributed by atoms with Crippen molar-refractivity contribution in [2.75, 3.05) is 19.7 Å². The number of imidazole rings is 1. The lowest BCUT2D eigenvalue weighted by atomic mass is 9.99. The highest BCUT2D eigenvalue weighted by molar-refractivity contribution is 6.01. The summed E-state index contributed by atoms with van der Waals surface area (Å²) in [5, 5.41) is 66.9. The molecule has 12 unspecified atom stereocenters. The smallest absolute Gasteiger partial charge is 0.326 e. The summed E-state index contributed by atoms with van der Waals surface area (Å²) in [5.41, 5.74) is 16.9. The van der Waals surface area contributed by atoms with E-state index in [2.05, 4.69) is 73.4 Å². The number of carbonyl (C=O) groups excluding carboxylic acids is 13. The number of carboxylic acids is 2. The lowest BCUT2D eigenvalue weighted by molar-refractivity contribution is -0.144. The standard InChI is InChI=1S/C64H99N18O19/c1-10-11-16-48(86)71-34(8)52(89)74-41(24-36-17-19-38(84)20-18-36)57(94)80-50(32(4)5)61(98)77-42(25-37-28-68-30-70-37)56(93)76-43(27-49(87)88)54(91)72-35(9)62(99)82-22-13-15-46(82)59(96)81-51(33(6)7)60(97)73-39(14-12-21-69-64(66)67)53(90)79-45(29-83)58(95)75-40(23-31(2)3)55(92)78-44(63(100)101)26-47(65)85/h16-20,28,30-35,39-46,50-51,83-84H,10-15,21-27,29H2,1-9H3,(H2,65,85)(H,68,70)(H,71,86)(H,72,91)(H,73,97)(H,74,89)(H,75,95)(H,76,93)(H,77,98)(H,78,92)(H,79,90)(H,80,94)(H,81,96)(H,87,88)(H,100,101)(H4,66,67,69). The van der Waals surface area contributed by atoms with Crippen LogP contribution in [-0.4, -0.2) is 222 Å². The maximum absolute atomic E-state index is 14.3. The number of phenols is 1. The summed E-state index contributed by atoms with van der Waals surface area (Å²) >= 11 is 0. The number of nitrogens with two attached hydrogens (primary N) is 3. The second-order valence-corrected chi connectivity index (χ2v) is 25.6. The number of benzene rings is 1. The first kappa shape index (κ1) is 84.7. The summed E-state index contributed by atoms with van der Waals surface area (Å²) in [6.07, 6.45) is 2.86. The number of aliphatic hydroxyl groups is 1. The Balaban J connectivity index is 1.83. The quantitative estimate of drug-likeness (QED) is 0.0168. The van der Waals surface area contributed by atoms with Crippen molar-refractivity contribution >= 4 is 94.7 Å². The second-order valence-electron chi connectivity index (χ2n) is 25.6. The van der Waals surface area contributed by atoms with Gasteiger partial charge in [0.05, 0.1) is 25.8 Å². The number of carboxylic acid groups (broad SMARTS) is 2. The molecule has 559 valence electrons. The number of hydrogen-bond donors (Lipinski definition) is 19. The third-order valence-electron chi connectivity index (χ3n) is 15.8. The molecule has 0 aliphatic carbocycles. The molecule has 0 saturated carbocycles.